The molecule has 0 saturated heterocycles. The lowest BCUT2D eigenvalue weighted by atomic mass is 10.2. The number of rotatable bonds is 7. The molecule has 0 spiro atoms. The van der Waals surface area contributed by atoms with Gasteiger partial charge in [0.15, 0.2) is 6.10 Å². The maximum atomic E-state index is 11.1. The number of carboxylic acid groups (broad SMARTS) is 1. The van der Waals surface area contributed by atoms with Crippen molar-refractivity contribution in [2.75, 3.05) is 13.2 Å². The highest BCUT2D eigenvalue weighted by Crippen LogP contribution is 2.21. The van der Waals surface area contributed by atoms with Gasteiger partial charge in [-0.2, -0.15) is 0 Å². The van der Waals surface area contributed by atoms with Crippen LogP contribution in [0.3, 0.4) is 0 Å². The first-order valence-corrected chi connectivity index (χ1v) is 5.55. The Kier molecular flexibility index (Phi) is 5.11. The molecular weight excluding hydrogens is 224 g/mol. The van der Waals surface area contributed by atoms with Crippen LogP contribution < -0.4 is 0 Å². The zero-order valence-corrected chi connectivity index (χ0v) is 10.0. The van der Waals surface area contributed by atoms with E-state index in [0.29, 0.717) is 12.1 Å². The Morgan fingerprint density at radius 3 is 2.82 bits per heavy atom. The van der Waals surface area contributed by atoms with Gasteiger partial charge in [0.2, 0.25) is 0 Å². The Bertz CT molecular complexity index is 362. The third-order valence-electron chi connectivity index (χ3n) is 2.33. The topological polar surface area (TPSA) is 84.6 Å². The Labute approximate surface area is 99.9 Å². The van der Waals surface area contributed by atoms with E-state index in [0.717, 1.165) is 0 Å². The van der Waals surface area contributed by atoms with Crippen LogP contribution in [0.1, 0.15) is 38.1 Å². The summed E-state index contributed by atoms with van der Waals surface area (Å²) in [6.07, 6.45) is 2.47. The number of ether oxygens (including phenoxy) is 1. The highest BCUT2D eigenvalue weighted by Gasteiger charge is 2.24. The number of hydrogen-bond acceptors (Lipinski definition) is 4. The first kappa shape index (κ1) is 13.7. The Morgan fingerprint density at radius 1 is 1.59 bits per heavy atom. The molecular formula is C11H18N2O4. The van der Waals surface area contributed by atoms with E-state index in [1.165, 1.54) is 6.20 Å². The predicted molar refractivity (Wildman–Crippen MR) is 60.6 cm³/mol. The van der Waals surface area contributed by atoms with Crippen LogP contribution >= 0.6 is 0 Å². The molecule has 1 atom stereocenters. The summed E-state index contributed by atoms with van der Waals surface area (Å²) >= 11 is 0. The Hall–Kier alpha value is -1.40. The van der Waals surface area contributed by atoms with Gasteiger partial charge in [0.05, 0.1) is 24.8 Å². The summed E-state index contributed by atoms with van der Waals surface area (Å²) in [5.41, 5.74) is 0.519. The maximum Gasteiger partial charge on any atom is 0.339 e. The van der Waals surface area contributed by atoms with Crippen molar-refractivity contribution in [1.82, 2.24) is 9.55 Å². The molecule has 0 aliphatic rings. The minimum atomic E-state index is -1.05. The second-order valence-electron chi connectivity index (χ2n) is 3.99. The van der Waals surface area contributed by atoms with Crippen LogP contribution in [0.15, 0.2) is 12.5 Å². The lowest BCUT2D eigenvalue weighted by molar-refractivity contribution is -0.151. The van der Waals surface area contributed by atoms with Crippen molar-refractivity contribution in [1.29, 1.82) is 0 Å². The van der Waals surface area contributed by atoms with Crippen LogP contribution in [0, 0.1) is 0 Å². The molecule has 1 aromatic heterocycles. The van der Waals surface area contributed by atoms with Crippen LogP contribution in [0.2, 0.25) is 0 Å². The summed E-state index contributed by atoms with van der Waals surface area (Å²) in [5.74, 6) is -1.05. The predicted octanol–water partition coefficient (Wildman–Crippen LogP) is 0.989. The highest BCUT2D eigenvalue weighted by atomic mass is 16.5. The lowest BCUT2D eigenvalue weighted by Crippen LogP contribution is -2.20. The molecule has 1 unspecified atom stereocenters. The van der Waals surface area contributed by atoms with E-state index >= 15 is 0 Å². The summed E-state index contributed by atoms with van der Waals surface area (Å²) in [5, 5.41) is 17.8. The molecule has 0 aromatic carbocycles. The quantitative estimate of drug-likeness (QED) is 0.696. The van der Waals surface area contributed by atoms with E-state index in [4.69, 9.17) is 14.9 Å². The van der Waals surface area contributed by atoms with E-state index in [-0.39, 0.29) is 19.3 Å². The average Bonchev–Trinajstić information content (AvgIpc) is 2.72. The zero-order chi connectivity index (χ0) is 12.8. The van der Waals surface area contributed by atoms with Crippen molar-refractivity contribution < 1.29 is 19.7 Å². The van der Waals surface area contributed by atoms with Crippen LogP contribution in [-0.2, 0) is 9.53 Å². The molecule has 1 heterocycles. The maximum absolute atomic E-state index is 11.1. The number of hydrogen-bond donors (Lipinski definition) is 2. The summed E-state index contributed by atoms with van der Waals surface area (Å²) in [6, 6.07) is 0.121. The molecule has 0 bridgehead atoms. The molecule has 17 heavy (non-hydrogen) atoms. The van der Waals surface area contributed by atoms with Gasteiger partial charge in [0, 0.05) is 12.6 Å². The molecule has 1 aromatic rings. The molecule has 2 N–H and O–H groups in total. The minimum absolute atomic E-state index is 0.0181. The lowest BCUT2D eigenvalue weighted by Gasteiger charge is -2.17. The summed E-state index contributed by atoms with van der Waals surface area (Å²) in [4.78, 5) is 15.1. The SMILES string of the molecule is CC(C)n1cncc1C(OCCCO)C(=O)O. The van der Waals surface area contributed by atoms with Gasteiger partial charge in [-0.3, -0.25) is 0 Å². The van der Waals surface area contributed by atoms with Crippen molar-refractivity contribution in [2.45, 2.75) is 32.4 Å². The van der Waals surface area contributed by atoms with Gasteiger partial charge in [-0.25, -0.2) is 9.78 Å². The molecule has 96 valence electrons. The fourth-order valence-electron chi connectivity index (χ4n) is 1.50. The van der Waals surface area contributed by atoms with E-state index in [1.54, 1.807) is 10.9 Å². The summed E-state index contributed by atoms with van der Waals surface area (Å²) in [6.45, 7) is 4.07. The molecule has 0 aliphatic carbocycles. The summed E-state index contributed by atoms with van der Waals surface area (Å²) in [7, 11) is 0. The fraction of sp³-hybridized carbons (Fsp3) is 0.636. The number of aliphatic carboxylic acids is 1. The first-order valence-electron chi connectivity index (χ1n) is 5.55. The van der Waals surface area contributed by atoms with Crippen LogP contribution in [0.5, 0.6) is 0 Å². The van der Waals surface area contributed by atoms with Gasteiger partial charge in [-0.05, 0) is 20.3 Å². The van der Waals surface area contributed by atoms with Crippen molar-refractivity contribution in [3.05, 3.63) is 18.2 Å². The molecule has 0 saturated carbocycles. The number of imidazole rings is 1. The fourth-order valence-corrected chi connectivity index (χ4v) is 1.50. The van der Waals surface area contributed by atoms with Gasteiger partial charge in [-0.15, -0.1) is 0 Å². The molecule has 6 heteroatoms. The van der Waals surface area contributed by atoms with Crippen LogP contribution in [-0.4, -0.2) is 38.9 Å². The largest absolute Gasteiger partial charge is 0.479 e. The standard InChI is InChI=1S/C11H18N2O4/c1-8(2)13-7-12-6-9(13)10(11(15)16)17-5-3-4-14/h6-8,10,14H,3-5H2,1-2H3,(H,15,16). The first-order chi connectivity index (χ1) is 8.07. The highest BCUT2D eigenvalue weighted by molar-refractivity contribution is 5.73. The van der Waals surface area contributed by atoms with Crippen LogP contribution in [0.25, 0.3) is 0 Å². The number of carbonyl (C=O) groups is 1. The molecule has 0 fully saturated rings. The normalized spacial score (nSPS) is 12.9. The van der Waals surface area contributed by atoms with E-state index in [2.05, 4.69) is 4.98 Å². The van der Waals surface area contributed by atoms with E-state index in [9.17, 15) is 4.79 Å². The number of aromatic nitrogens is 2. The van der Waals surface area contributed by atoms with Crippen molar-refractivity contribution in [3.63, 3.8) is 0 Å². The monoisotopic (exact) mass is 242 g/mol. The summed E-state index contributed by atoms with van der Waals surface area (Å²) < 4.78 is 7.02. The Balaban J connectivity index is 2.82. The van der Waals surface area contributed by atoms with E-state index < -0.39 is 12.1 Å². The molecule has 0 amide bonds. The van der Waals surface area contributed by atoms with Gasteiger partial charge < -0.3 is 19.5 Å². The number of aliphatic hydroxyl groups is 1. The van der Waals surface area contributed by atoms with Gasteiger partial charge in [0.1, 0.15) is 0 Å². The minimum Gasteiger partial charge on any atom is -0.479 e. The van der Waals surface area contributed by atoms with Gasteiger partial charge >= 0.3 is 5.97 Å². The second kappa shape index (κ2) is 6.36. The third kappa shape index (κ3) is 3.54. The van der Waals surface area contributed by atoms with Gasteiger partial charge in [-0.1, -0.05) is 0 Å². The molecule has 0 radical (unpaired) electrons. The third-order valence-corrected chi connectivity index (χ3v) is 2.33. The molecule has 0 aliphatic heterocycles. The molecule has 6 nitrogen and oxygen atoms in total. The smallest absolute Gasteiger partial charge is 0.339 e. The van der Waals surface area contributed by atoms with Crippen molar-refractivity contribution in [3.8, 4) is 0 Å². The zero-order valence-electron chi connectivity index (χ0n) is 10.0. The average molecular weight is 242 g/mol. The Morgan fingerprint density at radius 2 is 2.29 bits per heavy atom. The molecule has 1 rings (SSSR count). The van der Waals surface area contributed by atoms with Gasteiger partial charge in [0.25, 0.3) is 0 Å². The number of carboxylic acids is 1. The second-order valence-corrected chi connectivity index (χ2v) is 3.99. The number of nitrogens with zero attached hydrogens (tertiary/aromatic N) is 2. The van der Waals surface area contributed by atoms with Crippen LogP contribution in [0.4, 0.5) is 0 Å². The van der Waals surface area contributed by atoms with E-state index in [1.807, 2.05) is 13.8 Å². The number of aliphatic hydroxyl groups excluding tert-OH is 1. The van der Waals surface area contributed by atoms with Crippen molar-refractivity contribution in [2.24, 2.45) is 0 Å². The van der Waals surface area contributed by atoms with Crippen molar-refractivity contribution >= 4 is 5.97 Å².